The second kappa shape index (κ2) is 7.65. The number of carbonyl (C=O) groups excluding carboxylic acids is 1. The fourth-order valence-electron chi connectivity index (χ4n) is 3.02. The zero-order valence-corrected chi connectivity index (χ0v) is 14.0. The Morgan fingerprint density at radius 3 is 2.41 bits per heavy atom. The molecule has 1 atom stereocenters. The summed E-state index contributed by atoms with van der Waals surface area (Å²) in [6.45, 7) is 5.72. The normalized spacial score (nSPS) is 17.3. The molecule has 1 aromatic carbocycles. The molecule has 0 radical (unpaired) electrons. The third-order valence-corrected chi connectivity index (χ3v) is 4.78. The van der Waals surface area contributed by atoms with Gasteiger partial charge in [0.15, 0.2) is 0 Å². The Balaban J connectivity index is 2.01. The number of nitriles is 1. The van der Waals surface area contributed by atoms with Crippen LogP contribution in [0.3, 0.4) is 0 Å². The molecule has 1 heterocycles. The van der Waals surface area contributed by atoms with E-state index in [0.29, 0.717) is 25.4 Å². The van der Waals surface area contributed by atoms with E-state index in [9.17, 15) is 4.79 Å². The summed E-state index contributed by atoms with van der Waals surface area (Å²) in [5, 5.41) is 9.66. The van der Waals surface area contributed by atoms with Crippen LogP contribution in [-0.2, 0) is 4.79 Å². The molecule has 3 nitrogen and oxygen atoms in total. The van der Waals surface area contributed by atoms with Crippen LogP contribution in [0.1, 0.15) is 44.6 Å². The molecule has 1 aromatic rings. The van der Waals surface area contributed by atoms with Crippen LogP contribution in [-0.4, -0.2) is 23.9 Å². The monoisotopic (exact) mass is 318 g/mol. The van der Waals surface area contributed by atoms with E-state index in [4.69, 9.17) is 16.9 Å². The number of hydrogen-bond donors (Lipinski definition) is 0. The van der Waals surface area contributed by atoms with Crippen molar-refractivity contribution in [2.45, 2.75) is 39.0 Å². The number of halogens is 1. The van der Waals surface area contributed by atoms with Crippen molar-refractivity contribution in [2.75, 3.05) is 13.1 Å². The Kier molecular flexibility index (Phi) is 5.85. The van der Waals surface area contributed by atoms with Gasteiger partial charge < -0.3 is 4.90 Å². The van der Waals surface area contributed by atoms with Gasteiger partial charge in [-0.05, 0) is 42.4 Å². The van der Waals surface area contributed by atoms with Crippen molar-refractivity contribution in [2.24, 2.45) is 11.8 Å². The lowest BCUT2D eigenvalue weighted by molar-refractivity contribution is -0.133. The Labute approximate surface area is 137 Å². The molecule has 1 saturated heterocycles. The van der Waals surface area contributed by atoms with Crippen LogP contribution in [0.4, 0.5) is 0 Å². The molecule has 2 rings (SSSR count). The molecular weight excluding hydrogens is 296 g/mol. The van der Waals surface area contributed by atoms with Gasteiger partial charge in [-0.15, -0.1) is 0 Å². The van der Waals surface area contributed by atoms with E-state index in [-0.39, 0.29) is 17.7 Å². The molecule has 0 spiro atoms. The minimum absolute atomic E-state index is 0.112. The van der Waals surface area contributed by atoms with Gasteiger partial charge in [0.25, 0.3) is 0 Å². The van der Waals surface area contributed by atoms with Crippen molar-refractivity contribution >= 4 is 17.5 Å². The lowest BCUT2D eigenvalue weighted by Crippen LogP contribution is -2.39. The van der Waals surface area contributed by atoms with Gasteiger partial charge in [-0.2, -0.15) is 5.26 Å². The van der Waals surface area contributed by atoms with E-state index in [1.54, 1.807) is 0 Å². The van der Waals surface area contributed by atoms with Gasteiger partial charge >= 0.3 is 0 Å². The van der Waals surface area contributed by atoms with E-state index in [1.165, 1.54) is 5.56 Å². The predicted octanol–water partition coefficient (Wildman–Crippen LogP) is 4.23. The van der Waals surface area contributed by atoms with Crippen LogP contribution in [0.5, 0.6) is 0 Å². The van der Waals surface area contributed by atoms with E-state index < -0.39 is 0 Å². The Morgan fingerprint density at radius 2 is 1.91 bits per heavy atom. The second-order valence-electron chi connectivity index (χ2n) is 6.39. The predicted molar refractivity (Wildman–Crippen MR) is 88.6 cm³/mol. The molecule has 1 aliphatic heterocycles. The minimum atomic E-state index is 0.112. The van der Waals surface area contributed by atoms with Crippen molar-refractivity contribution in [3.63, 3.8) is 0 Å². The van der Waals surface area contributed by atoms with Crippen LogP contribution in [0, 0.1) is 23.2 Å². The molecule has 4 heteroatoms. The maximum atomic E-state index is 12.6. The molecule has 0 aliphatic carbocycles. The Morgan fingerprint density at radius 1 is 1.32 bits per heavy atom. The molecule has 0 saturated carbocycles. The average Bonchev–Trinajstić information content (AvgIpc) is 2.53. The van der Waals surface area contributed by atoms with Crippen molar-refractivity contribution in [1.82, 2.24) is 4.90 Å². The van der Waals surface area contributed by atoms with Crippen molar-refractivity contribution in [3.8, 4) is 6.07 Å². The number of amides is 1. The molecule has 0 N–H and O–H groups in total. The Hall–Kier alpha value is -1.53. The maximum Gasteiger partial charge on any atom is 0.223 e. The summed E-state index contributed by atoms with van der Waals surface area (Å²) in [6.07, 6.45) is 2.13. The van der Waals surface area contributed by atoms with Crippen LogP contribution >= 0.6 is 11.6 Å². The number of nitrogens with zero attached hydrogens (tertiary/aromatic N) is 2. The van der Waals surface area contributed by atoms with Crippen molar-refractivity contribution in [3.05, 3.63) is 34.9 Å². The lowest BCUT2D eigenvalue weighted by atomic mass is 9.85. The summed E-state index contributed by atoms with van der Waals surface area (Å²) in [5.74, 6) is 0.909. The number of piperidine rings is 1. The van der Waals surface area contributed by atoms with E-state index >= 15 is 0 Å². The molecule has 0 bridgehead atoms. The highest BCUT2D eigenvalue weighted by Gasteiger charge is 2.26. The van der Waals surface area contributed by atoms with Gasteiger partial charge in [0.2, 0.25) is 5.91 Å². The second-order valence-corrected chi connectivity index (χ2v) is 6.83. The summed E-state index contributed by atoms with van der Waals surface area (Å²) < 4.78 is 0. The first kappa shape index (κ1) is 16.8. The summed E-state index contributed by atoms with van der Waals surface area (Å²) in [5.41, 5.74) is 1.17. The van der Waals surface area contributed by atoms with Crippen molar-refractivity contribution < 1.29 is 4.79 Å². The van der Waals surface area contributed by atoms with Crippen LogP contribution < -0.4 is 0 Å². The van der Waals surface area contributed by atoms with Gasteiger partial charge in [-0.25, -0.2) is 0 Å². The zero-order chi connectivity index (χ0) is 16.1. The number of benzene rings is 1. The third-order valence-electron chi connectivity index (χ3n) is 4.53. The average molecular weight is 319 g/mol. The smallest absolute Gasteiger partial charge is 0.223 e. The summed E-state index contributed by atoms with van der Waals surface area (Å²) in [7, 11) is 0. The largest absolute Gasteiger partial charge is 0.343 e. The SMILES string of the molecule is CC(C)C(CC(=O)N1CCC(C#N)CC1)c1ccc(Cl)cc1. The lowest BCUT2D eigenvalue weighted by Gasteiger charge is -2.31. The standard InChI is InChI=1S/C18H23ClN2O/c1-13(2)17(15-3-5-16(19)6-4-15)11-18(22)21-9-7-14(12-20)8-10-21/h3-6,13-14,17H,7-11H2,1-2H3. The van der Waals surface area contributed by atoms with Crippen LogP contribution in [0.15, 0.2) is 24.3 Å². The number of hydrogen-bond acceptors (Lipinski definition) is 2. The Bertz CT molecular complexity index is 539. The first-order valence-corrected chi connectivity index (χ1v) is 8.32. The molecular formula is C18H23ClN2O. The van der Waals surface area contributed by atoms with Gasteiger partial charge in [0, 0.05) is 30.5 Å². The molecule has 1 unspecified atom stereocenters. The first-order valence-electron chi connectivity index (χ1n) is 7.94. The quantitative estimate of drug-likeness (QED) is 0.833. The molecule has 1 aliphatic rings. The molecule has 1 amide bonds. The summed E-state index contributed by atoms with van der Waals surface area (Å²) in [4.78, 5) is 14.5. The molecule has 1 fully saturated rings. The third kappa shape index (κ3) is 4.24. The zero-order valence-electron chi connectivity index (χ0n) is 13.3. The van der Waals surface area contributed by atoms with Crippen LogP contribution in [0.25, 0.3) is 0 Å². The van der Waals surface area contributed by atoms with E-state index in [1.807, 2.05) is 29.2 Å². The topological polar surface area (TPSA) is 44.1 Å². The first-order chi connectivity index (χ1) is 10.5. The fourth-order valence-corrected chi connectivity index (χ4v) is 3.15. The highest BCUT2D eigenvalue weighted by molar-refractivity contribution is 6.30. The number of carbonyl (C=O) groups is 1. The van der Waals surface area contributed by atoms with Crippen molar-refractivity contribution in [1.29, 1.82) is 5.26 Å². The van der Waals surface area contributed by atoms with Gasteiger partial charge in [0.05, 0.1) is 6.07 Å². The maximum absolute atomic E-state index is 12.6. The van der Waals surface area contributed by atoms with Gasteiger partial charge in [-0.3, -0.25) is 4.79 Å². The molecule has 0 aromatic heterocycles. The van der Waals surface area contributed by atoms with Gasteiger partial charge in [0.1, 0.15) is 0 Å². The van der Waals surface area contributed by atoms with E-state index in [2.05, 4.69) is 19.9 Å². The molecule has 118 valence electrons. The number of likely N-dealkylation sites (tertiary alicyclic amines) is 1. The number of rotatable bonds is 4. The summed E-state index contributed by atoms with van der Waals surface area (Å²) >= 11 is 5.95. The summed E-state index contributed by atoms with van der Waals surface area (Å²) in [6, 6.07) is 10.1. The minimum Gasteiger partial charge on any atom is -0.343 e. The molecule has 22 heavy (non-hydrogen) atoms. The highest BCUT2D eigenvalue weighted by atomic mass is 35.5. The van der Waals surface area contributed by atoms with Crippen LogP contribution in [0.2, 0.25) is 5.02 Å². The highest BCUT2D eigenvalue weighted by Crippen LogP contribution is 2.30. The van der Waals surface area contributed by atoms with E-state index in [0.717, 1.165) is 17.9 Å². The van der Waals surface area contributed by atoms with Gasteiger partial charge in [-0.1, -0.05) is 37.6 Å². The fraction of sp³-hybridized carbons (Fsp3) is 0.556.